The number of hydrogen-bond acceptors (Lipinski definition) is 3. The standard InChI is InChI=1S/C13H18FN3O2S2/c1-8-5-11-10(6-9(8)14)15-12(20)17(11)7-13(2,3)16-21(4,18)19/h5-6,16H,7H2,1-4H3,(H,15,20). The minimum absolute atomic E-state index is 0.306. The highest BCUT2D eigenvalue weighted by atomic mass is 32.2. The molecule has 0 aliphatic rings. The largest absolute Gasteiger partial charge is 0.330 e. The van der Waals surface area contributed by atoms with Crippen LogP contribution in [-0.4, -0.2) is 29.8 Å². The number of H-pyrrole nitrogens is 1. The molecule has 0 unspecified atom stereocenters. The first-order valence-electron chi connectivity index (χ1n) is 6.36. The first-order chi connectivity index (χ1) is 9.48. The average Bonchev–Trinajstić information content (AvgIpc) is 2.53. The molecule has 2 aromatic rings. The summed E-state index contributed by atoms with van der Waals surface area (Å²) in [5.74, 6) is -0.306. The lowest BCUT2D eigenvalue weighted by Crippen LogP contribution is -2.46. The molecule has 0 amide bonds. The van der Waals surface area contributed by atoms with Crippen LogP contribution in [0.5, 0.6) is 0 Å². The Balaban J connectivity index is 2.50. The molecule has 8 heteroatoms. The van der Waals surface area contributed by atoms with Gasteiger partial charge in [0.15, 0.2) is 4.77 Å². The van der Waals surface area contributed by atoms with Crippen LogP contribution < -0.4 is 4.72 Å². The van der Waals surface area contributed by atoms with Crippen LogP contribution in [0.2, 0.25) is 0 Å². The van der Waals surface area contributed by atoms with Gasteiger partial charge in [0.2, 0.25) is 10.0 Å². The minimum Gasteiger partial charge on any atom is -0.330 e. The summed E-state index contributed by atoms with van der Waals surface area (Å²) < 4.78 is 41.2. The van der Waals surface area contributed by atoms with Gasteiger partial charge in [0.25, 0.3) is 0 Å². The summed E-state index contributed by atoms with van der Waals surface area (Å²) in [5, 5.41) is 0. The number of halogens is 1. The van der Waals surface area contributed by atoms with Crippen molar-refractivity contribution in [1.82, 2.24) is 14.3 Å². The monoisotopic (exact) mass is 331 g/mol. The summed E-state index contributed by atoms with van der Waals surface area (Å²) in [6.45, 7) is 5.55. The van der Waals surface area contributed by atoms with Crippen LogP contribution in [0, 0.1) is 17.5 Å². The third-order valence-electron chi connectivity index (χ3n) is 3.07. The summed E-state index contributed by atoms with van der Waals surface area (Å²) in [7, 11) is -3.33. The van der Waals surface area contributed by atoms with E-state index >= 15 is 0 Å². The number of aromatic nitrogens is 2. The zero-order chi connectivity index (χ0) is 16.0. The summed E-state index contributed by atoms with van der Waals surface area (Å²) in [5.41, 5.74) is 1.14. The Morgan fingerprint density at radius 3 is 2.62 bits per heavy atom. The molecule has 2 rings (SSSR count). The van der Waals surface area contributed by atoms with Gasteiger partial charge in [0.1, 0.15) is 5.82 Å². The zero-order valence-corrected chi connectivity index (χ0v) is 14.0. The molecule has 0 bridgehead atoms. The lowest BCUT2D eigenvalue weighted by molar-refractivity contribution is 0.394. The van der Waals surface area contributed by atoms with Gasteiger partial charge in [0.05, 0.1) is 17.3 Å². The van der Waals surface area contributed by atoms with Crippen molar-refractivity contribution in [2.75, 3.05) is 6.26 Å². The molecule has 21 heavy (non-hydrogen) atoms. The van der Waals surface area contributed by atoms with Gasteiger partial charge in [-0.25, -0.2) is 17.5 Å². The van der Waals surface area contributed by atoms with E-state index in [4.69, 9.17) is 12.2 Å². The summed E-state index contributed by atoms with van der Waals surface area (Å²) in [4.78, 5) is 2.94. The molecule has 0 aliphatic carbocycles. The highest BCUT2D eigenvalue weighted by Gasteiger charge is 2.24. The maximum Gasteiger partial charge on any atom is 0.209 e. The van der Waals surface area contributed by atoms with Crippen molar-refractivity contribution >= 4 is 33.3 Å². The topological polar surface area (TPSA) is 66.9 Å². The molecular weight excluding hydrogens is 313 g/mol. The van der Waals surface area contributed by atoms with Crippen LogP contribution in [-0.2, 0) is 16.6 Å². The number of aryl methyl sites for hydroxylation is 1. The number of benzene rings is 1. The second-order valence-corrected chi connectivity index (χ2v) is 8.03. The minimum atomic E-state index is -3.33. The number of fused-ring (bicyclic) bond motifs is 1. The molecule has 0 fully saturated rings. The summed E-state index contributed by atoms with van der Waals surface area (Å²) >= 11 is 5.26. The Labute approximate surface area is 128 Å². The second-order valence-electron chi connectivity index (χ2n) is 5.89. The van der Waals surface area contributed by atoms with Gasteiger partial charge >= 0.3 is 0 Å². The van der Waals surface area contributed by atoms with E-state index in [9.17, 15) is 12.8 Å². The predicted molar refractivity (Wildman–Crippen MR) is 83.9 cm³/mol. The van der Waals surface area contributed by atoms with Crippen LogP contribution in [0.25, 0.3) is 11.0 Å². The van der Waals surface area contributed by atoms with Crippen molar-refractivity contribution in [3.63, 3.8) is 0 Å². The number of rotatable bonds is 4. The smallest absolute Gasteiger partial charge is 0.209 e. The van der Waals surface area contributed by atoms with Crippen molar-refractivity contribution in [3.05, 3.63) is 28.3 Å². The van der Waals surface area contributed by atoms with Crippen LogP contribution in [0.3, 0.4) is 0 Å². The first kappa shape index (κ1) is 16.1. The molecule has 1 heterocycles. The van der Waals surface area contributed by atoms with Gasteiger partial charge in [-0.1, -0.05) is 0 Å². The number of imidazole rings is 1. The van der Waals surface area contributed by atoms with Crippen molar-refractivity contribution < 1.29 is 12.8 Å². The number of nitrogens with one attached hydrogen (secondary N) is 2. The predicted octanol–water partition coefficient (Wildman–Crippen LogP) is 2.47. The van der Waals surface area contributed by atoms with E-state index in [1.54, 1.807) is 31.4 Å². The van der Waals surface area contributed by atoms with Crippen LogP contribution in [0.15, 0.2) is 12.1 Å². The fourth-order valence-corrected chi connectivity index (χ4v) is 3.71. The average molecular weight is 331 g/mol. The van der Waals surface area contributed by atoms with Gasteiger partial charge in [-0.15, -0.1) is 0 Å². The molecule has 0 saturated heterocycles. The molecule has 0 aliphatic heterocycles. The van der Waals surface area contributed by atoms with Crippen LogP contribution in [0.4, 0.5) is 4.39 Å². The maximum atomic E-state index is 13.6. The molecular formula is C13H18FN3O2S2. The van der Waals surface area contributed by atoms with E-state index < -0.39 is 15.6 Å². The molecule has 116 valence electrons. The molecule has 2 N–H and O–H groups in total. The van der Waals surface area contributed by atoms with Crippen molar-refractivity contribution in [3.8, 4) is 0 Å². The van der Waals surface area contributed by atoms with E-state index in [0.717, 1.165) is 11.8 Å². The van der Waals surface area contributed by atoms with E-state index in [1.807, 2.05) is 0 Å². The maximum absolute atomic E-state index is 13.6. The van der Waals surface area contributed by atoms with Crippen LogP contribution >= 0.6 is 12.2 Å². The Morgan fingerprint density at radius 1 is 1.43 bits per heavy atom. The normalized spacial score (nSPS) is 13.0. The number of sulfonamides is 1. The van der Waals surface area contributed by atoms with Crippen molar-refractivity contribution in [2.45, 2.75) is 32.9 Å². The second kappa shape index (κ2) is 5.19. The van der Waals surface area contributed by atoms with Gasteiger partial charge in [-0.3, -0.25) is 0 Å². The summed E-state index contributed by atoms with van der Waals surface area (Å²) in [6, 6.07) is 3.10. The molecule has 0 atom stereocenters. The third kappa shape index (κ3) is 3.69. The molecule has 0 radical (unpaired) electrons. The fraction of sp³-hybridized carbons (Fsp3) is 0.462. The molecule has 1 aromatic carbocycles. The summed E-state index contributed by atoms with van der Waals surface area (Å²) in [6.07, 6.45) is 1.11. The molecule has 1 aromatic heterocycles. The Kier molecular flexibility index (Phi) is 3.98. The lowest BCUT2D eigenvalue weighted by Gasteiger charge is -2.25. The number of hydrogen-bond donors (Lipinski definition) is 2. The van der Waals surface area contributed by atoms with E-state index in [0.29, 0.717) is 22.4 Å². The zero-order valence-electron chi connectivity index (χ0n) is 12.3. The van der Waals surface area contributed by atoms with E-state index in [2.05, 4.69) is 9.71 Å². The van der Waals surface area contributed by atoms with E-state index in [-0.39, 0.29) is 5.82 Å². The van der Waals surface area contributed by atoms with Gasteiger partial charge in [0, 0.05) is 12.1 Å². The number of nitrogens with zero attached hydrogens (tertiary/aromatic N) is 1. The first-order valence-corrected chi connectivity index (χ1v) is 8.66. The van der Waals surface area contributed by atoms with Crippen molar-refractivity contribution in [1.29, 1.82) is 0 Å². The Morgan fingerprint density at radius 2 is 2.05 bits per heavy atom. The van der Waals surface area contributed by atoms with Gasteiger partial charge < -0.3 is 9.55 Å². The third-order valence-corrected chi connectivity index (χ3v) is 4.32. The molecule has 0 spiro atoms. The lowest BCUT2D eigenvalue weighted by atomic mass is 10.1. The van der Waals surface area contributed by atoms with Crippen LogP contribution in [0.1, 0.15) is 19.4 Å². The fourth-order valence-electron chi connectivity index (χ4n) is 2.37. The quantitative estimate of drug-likeness (QED) is 0.846. The number of aromatic amines is 1. The highest BCUT2D eigenvalue weighted by Crippen LogP contribution is 2.21. The van der Waals surface area contributed by atoms with Crippen molar-refractivity contribution in [2.24, 2.45) is 0 Å². The van der Waals surface area contributed by atoms with Gasteiger partial charge in [-0.05, 0) is 50.7 Å². The Hall–Kier alpha value is -1.25. The Bertz CT molecular complexity index is 850. The van der Waals surface area contributed by atoms with Gasteiger partial charge in [-0.2, -0.15) is 0 Å². The molecule has 5 nitrogen and oxygen atoms in total. The SMILES string of the molecule is Cc1cc2c(cc1F)[nH]c(=S)n2CC(C)(C)NS(C)(=O)=O. The van der Waals surface area contributed by atoms with E-state index in [1.165, 1.54) is 6.07 Å². The highest BCUT2D eigenvalue weighted by molar-refractivity contribution is 7.88. The molecule has 0 saturated carbocycles.